The van der Waals surface area contributed by atoms with E-state index in [0.29, 0.717) is 5.56 Å². The summed E-state index contributed by atoms with van der Waals surface area (Å²) in [5.41, 5.74) is 2.17. The Hall–Kier alpha value is -4.54. The highest BCUT2D eigenvalue weighted by atomic mass is 19.1. The third-order valence-corrected chi connectivity index (χ3v) is 4.78. The molecular formula is C22H22FN8O2+. The minimum Gasteiger partial charge on any atom is -0.347 e. The third kappa shape index (κ3) is 6.23. The predicted molar refractivity (Wildman–Crippen MR) is 118 cm³/mol. The van der Waals surface area contributed by atoms with Crippen molar-refractivity contribution < 1.29 is 19.4 Å². The number of aromatic nitrogens is 2. The molecule has 0 fully saturated rings. The molecule has 10 nitrogen and oxygen atoms in total. The van der Waals surface area contributed by atoms with E-state index in [1.165, 1.54) is 24.5 Å². The molecule has 0 radical (unpaired) electrons. The molecule has 2 amide bonds. The molecule has 11 heteroatoms. The van der Waals surface area contributed by atoms with E-state index in [0.717, 1.165) is 11.1 Å². The van der Waals surface area contributed by atoms with Crippen LogP contribution in [-0.4, -0.2) is 27.6 Å². The van der Waals surface area contributed by atoms with Crippen molar-refractivity contribution >= 4 is 23.5 Å². The molecule has 2 aromatic carbocycles. The van der Waals surface area contributed by atoms with E-state index in [1.54, 1.807) is 43.3 Å². The van der Waals surface area contributed by atoms with Gasteiger partial charge in [-0.25, -0.2) is 14.4 Å². The number of amides is 2. The Morgan fingerprint density at radius 3 is 2.48 bits per heavy atom. The number of rotatable bonds is 7. The van der Waals surface area contributed by atoms with Crippen LogP contribution >= 0.6 is 0 Å². The van der Waals surface area contributed by atoms with Crippen molar-refractivity contribution in [1.82, 2.24) is 15.3 Å². The van der Waals surface area contributed by atoms with Gasteiger partial charge in [0.15, 0.2) is 0 Å². The highest BCUT2D eigenvalue weighted by molar-refractivity contribution is 5.97. The lowest BCUT2D eigenvalue weighted by molar-refractivity contribution is -0.117. The van der Waals surface area contributed by atoms with E-state index in [-0.39, 0.29) is 35.6 Å². The lowest BCUT2D eigenvalue weighted by Crippen LogP contribution is -2.38. The smallest absolute Gasteiger partial charge is 0.347 e. The van der Waals surface area contributed by atoms with E-state index >= 15 is 0 Å². The Morgan fingerprint density at radius 1 is 1.12 bits per heavy atom. The Bertz CT molecular complexity index is 1180. The average Bonchev–Trinajstić information content (AvgIpc) is 2.83. The van der Waals surface area contributed by atoms with E-state index in [2.05, 4.69) is 30.9 Å². The molecule has 0 unspecified atom stereocenters. The van der Waals surface area contributed by atoms with Gasteiger partial charge in [-0.2, -0.15) is 0 Å². The molecule has 0 aliphatic rings. The number of nitrogens with two attached hydrogens (primary N) is 2. The quantitative estimate of drug-likeness (QED) is 0.140. The number of carbonyl (C=O) groups is 2. The summed E-state index contributed by atoms with van der Waals surface area (Å²) in [6, 6.07) is 14.0. The third-order valence-electron chi connectivity index (χ3n) is 4.78. The van der Waals surface area contributed by atoms with E-state index in [9.17, 15) is 14.0 Å². The summed E-state index contributed by atoms with van der Waals surface area (Å²) < 4.78 is 13.0. The van der Waals surface area contributed by atoms with Crippen molar-refractivity contribution in [2.45, 2.75) is 19.4 Å². The van der Waals surface area contributed by atoms with Gasteiger partial charge in [0.2, 0.25) is 5.91 Å². The van der Waals surface area contributed by atoms with Crippen LogP contribution in [0.2, 0.25) is 0 Å². The Labute approximate surface area is 188 Å². The second-order valence-corrected chi connectivity index (χ2v) is 7.03. The number of carbonyl (C=O) groups excluding carboxylic acids is 2. The zero-order chi connectivity index (χ0) is 23.8. The summed E-state index contributed by atoms with van der Waals surface area (Å²) >= 11 is 0. The molecule has 1 aromatic heterocycles. The number of anilines is 1. The van der Waals surface area contributed by atoms with E-state index < -0.39 is 11.8 Å². The molecule has 6 N–H and O–H groups in total. The van der Waals surface area contributed by atoms with Crippen LogP contribution in [0.4, 0.5) is 10.2 Å². The monoisotopic (exact) mass is 449 g/mol. The van der Waals surface area contributed by atoms with E-state index in [4.69, 9.17) is 11.3 Å². The summed E-state index contributed by atoms with van der Waals surface area (Å²) in [5.74, 6) is 3.70. The minimum atomic E-state index is -0.512. The molecule has 1 heterocycles. The maximum atomic E-state index is 13.0. The molecule has 33 heavy (non-hydrogen) atoms. The molecule has 0 spiro atoms. The molecule has 3 rings (SSSR count). The van der Waals surface area contributed by atoms with Crippen molar-refractivity contribution in [3.05, 3.63) is 89.1 Å². The first-order chi connectivity index (χ1) is 15.9. The van der Waals surface area contributed by atoms with Crippen molar-refractivity contribution in [1.29, 1.82) is 0 Å². The number of nitrogens with one attached hydrogen (secondary N) is 2. The fourth-order valence-electron chi connectivity index (χ4n) is 2.87. The van der Waals surface area contributed by atoms with Gasteiger partial charge >= 0.3 is 5.84 Å². The summed E-state index contributed by atoms with van der Waals surface area (Å²) in [6.45, 7) is 1.93. The van der Waals surface area contributed by atoms with Crippen LogP contribution in [0.1, 0.15) is 40.0 Å². The van der Waals surface area contributed by atoms with Crippen molar-refractivity contribution in [3.63, 3.8) is 0 Å². The van der Waals surface area contributed by atoms with Gasteiger partial charge < -0.3 is 10.6 Å². The molecule has 168 valence electrons. The maximum absolute atomic E-state index is 13.0. The molecule has 0 aliphatic carbocycles. The standard InChI is InChI=1S/C22H21FN8O2/c1-13(15-4-6-16(7-5-15)20(24)30-31-25)21(32)29-19-10-18(27-12-28-19)22(33)26-11-14-2-8-17(23)9-3-14/h2-10,12-13H,11H2,1H3,(H,26,33)(H3,24,25,30)(H,27,28,29,32)/p+1/t13-/m0/s1. The molecule has 3 aromatic rings. The van der Waals surface area contributed by atoms with Crippen LogP contribution in [0, 0.1) is 5.82 Å². The normalized spacial score (nSPS) is 11.7. The first-order valence-electron chi connectivity index (χ1n) is 9.86. The molecule has 0 saturated carbocycles. The van der Waals surface area contributed by atoms with Crippen LogP contribution in [0.15, 0.2) is 71.3 Å². The molecule has 0 saturated heterocycles. The van der Waals surface area contributed by atoms with E-state index in [1.807, 2.05) is 0 Å². The van der Waals surface area contributed by atoms with Gasteiger partial charge in [0.25, 0.3) is 5.91 Å². The zero-order valence-electron chi connectivity index (χ0n) is 17.7. The van der Waals surface area contributed by atoms with Crippen molar-refractivity contribution in [3.8, 4) is 0 Å². The minimum absolute atomic E-state index is 0.0829. The molecule has 0 bridgehead atoms. The molecular weight excluding hydrogens is 427 g/mol. The van der Waals surface area contributed by atoms with Gasteiger partial charge in [0.1, 0.15) is 23.7 Å². The van der Waals surface area contributed by atoms with Gasteiger partial charge in [-0.15, -0.1) is 0 Å². The van der Waals surface area contributed by atoms with Crippen LogP contribution in [-0.2, 0) is 11.3 Å². The predicted octanol–water partition coefficient (Wildman–Crippen LogP) is 1.12. The molecule has 1 atom stereocenters. The second kappa shape index (κ2) is 10.7. The first-order valence-corrected chi connectivity index (χ1v) is 9.86. The SMILES string of the molecule is C[C@H](C(=O)Nc1cc(C(=O)NCc2ccc(F)cc2)ncn1)c1ccc(C(=[NH2+])N=NN)cc1. The lowest BCUT2D eigenvalue weighted by atomic mass is 9.99. The topological polar surface area (TPSA) is 160 Å². The Balaban J connectivity index is 1.61. The van der Waals surface area contributed by atoms with Gasteiger partial charge in [0, 0.05) is 17.8 Å². The number of hydrogen-bond acceptors (Lipinski definition) is 5. The van der Waals surface area contributed by atoms with Crippen LogP contribution < -0.4 is 21.9 Å². The van der Waals surface area contributed by atoms with Crippen LogP contribution in [0.25, 0.3) is 0 Å². The first kappa shape index (κ1) is 23.1. The number of halogens is 1. The molecule has 0 aliphatic heterocycles. The van der Waals surface area contributed by atoms with Crippen molar-refractivity contribution in [2.24, 2.45) is 16.2 Å². The van der Waals surface area contributed by atoms with Gasteiger partial charge in [-0.3, -0.25) is 20.8 Å². The second-order valence-electron chi connectivity index (χ2n) is 7.03. The summed E-state index contributed by atoms with van der Waals surface area (Å²) in [6.07, 6.45) is 1.19. The number of amidine groups is 1. The maximum Gasteiger partial charge on any atom is 0.350 e. The number of benzene rings is 2. The summed E-state index contributed by atoms with van der Waals surface area (Å²) in [5, 5.41) is 17.8. The zero-order valence-corrected chi connectivity index (χ0v) is 17.7. The highest BCUT2D eigenvalue weighted by Crippen LogP contribution is 2.18. The fourth-order valence-corrected chi connectivity index (χ4v) is 2.87. The largest absolute Gasteiger partial charge is 0.350 e. The van der Waals surface area contributed by atoms with Gasteiger partial charge in [0.05, 0.1) is 16.6 Å². The Kier molecular flexibility index (Phi) is 7.47. The van der Waals surface area contributed by atoms with Crippen molar-refractivity contribution in [2.75, 3.05) is 5.32 Å². The van der Waals surface area contributed by atoms with Crippen LogP contribution in [0.3, 0.4) is 0 Å². The van der Waals surface area contributed by atoms with Crippen LogP contribution in [0.5, 0.6) is 0 Å². The average molecular weight is 449 g/mol. The fraction of sp³-hybridized carbons (Fsp3) is 0.136. The number of hydrogen-bond donors (Lipinski definition) is 4. The summed E-state index contributed by atoms with van der Waals surface area (Å²) in [4.78, 5) is 33.0. The summed E-state index contributed by atoms with van der Waals surface area (Å²) in [7, 11) is 0. The van der Waals surface area contributed by atoms with Gasteiger partial charge in [-0.05, 0) is 42.3 Å². The lowest BCUT2D eigenvalue weighted by Gasteiger charge is -2.12. The Morgan fingerprint density at radius 2 is 1.82 bits per heavy atom. The highest BCUT2D eigenvalue weighted by Gasteiger charge is 2.18. The van der Waals surface area contributed by atoms with Gasteiger partial charge in [-0.1, -0.05) is 24.3 Å². The number of nitrogens with zero attached hydrogens (tertiary/aromatic N) is 4.